The fraction of sp³-hybridized carbons (Fsp3) is 0.259. The third-order valence-electron chi connectivity index (χ3n) is 5.88. The summed E-state index contributed by atoms with van der Waals surface area (Å²) in [6, 6.07) is 23.1. The van der Waals surface area contributed by atoms with Crippen LogP contribution in [0.5, 0.6) is 0 Å². The van der Waals surface area contributed by atoms with Crippen molar-refractivity contribution in [1.29, 1.82) is 0 Å². The van der Waals surface area contributed by atoms with E-state index in [9.17, 15) is 9.59 Å². The first-order valence-electron chi connectivity index (χ1n) is 11.4. The summed E-state index contributed by atoms with van der Waals surface area (Å²) in [4.78, 5) is 29.1. The molecule has 1 aliphatic rings. The largest absolute Gasteiger partial charge is 0.399 e. The van der Waals surface area contributed by atoms with Crippen molar-refractivity contribution in [2.45, 2.75) is 12.5 Å². The van der Waals surface area contributed by atoms with Gasteiger partial charge >= 0.3 is 0 Å². The van der Waals surface area contributed by atoms with Crippen molar-refractivity contribution in [1.82, 2.24) is 10.2 Å². The van der Waals surface area contributed by atoms with Crippen molar-refractivity contribution in [3.05, 3.63) is 78.4 Å². The number of nitrogens with one attached hydrogen (secondary N) is 2. The van der Waals surface area contributed by atoms with Gasteiger partial charge in [0.15, 0.2) is 0 Å². The van der Waals surface area contributed by atoms with Crippen molar-refractivity contribution in [2.75, 3.05) is 49.7 Å². The standard InChI is InChI=1S/C27H31N5O2/c1-31(2)18-26(33)29-22-14-15-32(17-22)23-11-8-20(9-12-23)27(34)30-25-16-21(28)10-13-24(25)19-6-4-3-5-7-19/h3-13,16,22H,14-15,17-18,28H2,1-2H3,(H,29,33)(H,30,34)/t22-/m0/s1. The van der Waals surface area contributed by atoms with Gasteiger partial charge in [0, 0.05) is 41.6 Å². The van der Waals surface area contributed by atoms with Crippen molar-refractivity contribution in [3.8, 4) is 11.1 Å². The first kappa shape index (κ1) is 23.3. The summed E-state index contributed by atoms with van der Waals surface area (Å²) >= 11 is 0. The molecule has 7 heteroatoms. The monoisotopic (exact) mass is 457 g/mol. The highest BCUT2D eigenvalue weighted by Gasteiger charge is 2.24. The highest BCUT2D eigenvalue weighted by atomic mass is 16.2. The second kappa shape index (κ2) is 10.4. The van der Waals surface area contributed by atoms with Gasteiger partial charge in [0.05, 0.1) is 12.2 Å². The molecule has 4 rings (SSSR count). The lowest BCUT2D eigenvalue weighted by molar-refractivity contribution is -0.122. The van der Waals surface area contributed by atoms with E-state index in [-0.39, 0.29) is 17.9 Å². The number of anilines is 3. The van der Waals surface area contributed by atoms with Crippen molar-refractivity contribution < 1.29 is 9.59 Å². The average Bonchev–Trinajstić information content (AvgIpc) is 3.27. The normalized spacial score (nSPS) is 15.4. The number of hydrogen-bond acceptors (Lipinski definition) is 5. The number of carbonyl (C=O) groups is 2. The van der Waals surface area contributed by atoms with Crippen LogP contribution in [0.1, 0.15) is 16.8 Å². The zero-order chi connectivity index (χ0) is 24.1. The Kier molecular flexibility index (Phi) is 7.13. The number of nitrogens with zero attached hydrogens (tertiary/aromatic N) is 2. The first-order chi connectivity index (χ1) is 16.4. The van der Waals surface area contributed by atoms with E-state index in [1.165, 1.54) is 0 Å². The SMILES string of the molecule is CN(C)CC(=O)N[C@H]1CCN(c2ccc(C(=O)Nc3cc(N)ccc3-c3ccccc3)cc2)C1. The van der Waals surface area contributed by atoms with Crippen LogP contribution < -0.4 is 21.3 Å². The molecule has 1 fully saturated rings. The third-order valence-corrected chi connectivity index (χ3v) is 5.88. The van der Waals surface area contributed by atoms with Gasteiger partial charge in [0.1, 0.15) is 0 Å². The molecule has 3 aromatic carbocycles. The summed E-state index contributed by atoms with van der Waals surface area (Å²) in [5, 5.41) is 6.11. The van der Waals surface area contributed by atoms with Crippen LogP contribution in [0.25, 0.3) is 11.1 Å². The number of hydrogen-bond donors (Lipinski definition) is 3. The molecule has 1 aliphatic heterocycles. The molecule has 1 atom stereocenters. The third kappa shape index (κ3) is 5.74. The predicted octanol–water partition coefficient (Wildman–Crippen LogP) is 3.44. The van der Waals surface area contributed by atoms with Gasteiger partial charge in [0.25, 0.3) is 5.91 Å². The minimum Gasteiger partial charge on any atom is -0.399 e. The molecule has 0 saturated carbocycles. The molecule has 0 unspecified atom stereocenters. The number of amides is 2. The molecule has 0 aliphatic carbocycles. The molecule has 2 amide bonds. The number of rotatable bonds is 7. The van der Waals surface area contributed by atoms with E-state index in [2.05, 4.69) is 15.5 Å². The van der Waals surface area contributed by atoms with Crippen LogP contribution in [-0.4, -0.2) is 56.5 Å². The van der Waals surface area contributed by atoms with E-state index < -0.39 is 0 Å². The second-order valence-corrected chi connectivity index (χ2v) is 8.91. The van der Waals surface area contributed by atoms with E-state index in [0.29, 0.717) is 23.5 Å². The molecule has 1 heterocycles. The van der Waals surface area contributed by atoms with Gasteiger partial charge in [-0.2, -0.15) is 0 Å². The molecule has 4 N–H and O–H groups in total. The van der Waals surface area contributed by atoms with E-state index in [0.717, 1.165) is 36.3 Å². The lowest BCUT2D eigenvalue weighted by Crippen LogP contribution is -2.41. The van der Waals surface area contributed by atoms with Gasteiger partial charge in [-0.05, 0) is 62.5 Å². The van der Waals surface area contributed by atoms with E-state index in [4.69, 9.17) is 5.73 Å². The Hall–Kier alpha value is -3.84. The highest BCUT2D eigenvalue weighted by molar-refractivity contribution is 6.06. The molecule has 0 aromatic heterocycles. The van der Waals surface area contributed by atoms with E-state index in [1.54, 1.807) is 6.07 Å². The zero-order valence-corrected chi connectivity index (χ0v) is 19.6. The molecule has 34 heavy (non-hydrogen) atoms. The van der Waals surface area contributed by atoms with Crippen LogP contribution in [0.2, 0.25) is 0 Å². The fourth-order valence-electron chi connectivity index (χ4n) is 4.23. The van der Waals surface area contributed by atoms with Crippen LogP contribution in [-0.2, 0) is 4.79 Å². The van der Waals surface area contributed by atoms with Crippen LogP contribution in [0.3, 0.4) is 0 Å². The summed E-state index contributed by atoms with van der Waals surface area (Å²) in [5.74, 6) is -0.148. The van der Waals surface area contributed by atoms with Gasteiger partial charge in [-0.25, -0.2) is 0 Å². The predicted molar refractivity (Wildman–Crippen MR) is 138 cm³/mol. The van der Waals surface area contributed by atoms with Gasteiger partial charge in [-0.1, -0.05) is 36.4 Å². The van der Waals surface area contributed by atoms with Gasteiger partial charge in [-0.15, -0.1) is 0 Å². The lowest BCUT2D eigenvalue weighted by atomic mass is 10.0. The van der Waals surface area contributed by atoms with E-state index in [1.807, 2.05) is 85.7 Å². The van der Waals surface area contributed by atoms with Gasteiger partial charge in [0.2, 0.25) is 5.91 Å². The minimum atomic E-state index is -0.190. The summed E-state index contributed by atoms with van der Waals surface area (Å²) in [7, 11) is 3.76. The molecule has 0 bridgehead atoms. The van der Waals surface area contributed by atoms with Crippen LogP contribution >= 0.6 is 0 Å². The summed E-state index contributed by atoms with van der Waals surface area (Å²) in [6.45, 7) is 2.01. The summed E-state index contributed by atoms with van der Waals surface area (Å²) < 4.78 is 0. The van der Waals surface area contributed by atoms with Crippen LogP contribution in [0.15, 0.2) is 72.8 Å². The number of nitrogens with two attached hydrogens (primary N) is 1. The molecule has 0 radical (unpaired) electrons. The van der Waals surface area contributed by atoms with E-state index >= 15 is 0 Å². The number of likely N-dealkylation sites (N-methyl/N-ethyl adjacent to an activating group) is 1. The fourth-order valence-corrected chi connectivity index (χ4v) is 4.23. The molecular formula is C27H31N5O2. The number of carbonyl (C=O) groups excluding carboxylic acids is 2. The maximum Gasteiger partial charge on any atom is 0.255 e. The Balaban J connectivity index is 1.41. The van der Waals surface area contributed by atoms with Crippen LogP contribution in [0, 0.1) is 0 Å². The molecule has 7 nitrogen and oxygen atoms in total. The Morgan fingerprint density at radius 1 is 1.03 bits per heavy atom. The Bertz CT molecular complexity index is 1150. The van der Waals surface area contributed by atoms with Crippen LogP contribution in [0.4, 0.5) is 17.1 Å². The lowest BCUT2D eigenvalue weighted by Gasteiger charge is -2.20. The Labute approximate surface area is 200 Å². The second-order valence-electron chi connectivity index (χ2n) is 8.91. The summed E-state index contributed by atoms with van der Waals surface area (Å²) in [6.07, 6.45) is 0.902. The number of nitrogen functional groups attached to an aromatic ring is 1. The van der Waals surface area contributed by atoms with Gasteiger partial charge < -0.3 is 26.2 Å². The average molecular weight is 458 g/mol. The molecule has 3 aromatic rings. The molecule has 1 saturated heterocycles. The Morgan fingerprint density at radius 3 is 2.47 bits per heavy atom. The first-order valence-corrected chi connectivity index (χ1v) is 11.4. The van der Waals surface area contributed by atoms with Gasteiger partial charge in [-0.3, -0.25) is 9.59 Å². The molecule has 0 spiro atoms. The minimum absolute atomic E-state index is 0.0419. The molecular weight excluding hydrogens is 426 g/mol. The van der Waals surface area contributed by atoms with Crippen molar-refractivity contribution >= 4 is 28.9 Å². The molecule has 176 valence electrons. The highest BCUT2D eigenvalue weighted by Crippen LogP contribution is 2.30. The topological polar surface area (TPSA) is 90.7 Å². The van der Waals surface area contributed by atoms with Crippen molar-refractivity contribution in [2.24, 2.45) is 0 Å². The maximum absolute atomic E-state index is 13.0. The Morgan fingerprint density at radius 2 is 1.76 bits per heavy atom. The zero-order valence-electron chi connectivity index (χ0n) is 19.6. The maximum atomic E-state index is 13.0. The quantitative estimate of drug-likeness (QED) is 0.473. The smallest absolute Gasteiger partial charge is 0.255 e. The van der Waals surface area contributed by atoms with Crippen molar-refractivity contribution in [3.63, 3.8) is 0 Å². The number of benzene rings is 3. The summed E-state index contributed by atoms with van der Waals surface area (Å²) in [5.41, 5.74) is 10.8.